The Labute approximate surface area is 87.2 Å². The average molecular weight is 205 g/mol. The molecule has 0 amide bonds. The van der Waals surface area contributed by atoms with E-state index in [0.29, 0.717) is 5.56 Å². The number of phenolic OH excluding ortho intramolecular Hbond substituents is 1. The fourth-order valence-electron chi connectivity index (χ4n) is 0.941. The van der Waals surface area contributed by atoms with Crippen molar-refractivity contribution in [2.75, 3.05) is 0 Å². The van der Waals surface area contributed by atoms with Gasteiger partial charge in [0, 0.05) is 18.0 Å². The van der Waals surface area contributed by atoms with Gasteiger partial charge in [-0.25, -0.2) is 4.79 Å². The van der Waals surface area contributed by atoms with Crippen LogP contribution in [0.5, 0.6) is 5.75 Å². The summed E-state index contributed by atoms with van der Waals surface area (Å²) in [5, 5.41) is 17.7. The molecule has 0 bridgehead atoms. The van der Waals surface area contributed by atoms with Gasteiger partial charge in [0.05, 0.1) is 5.56 Å². The van der Waals surface area contributed by atoms with Crippen LogP contribution in [0.4, 0.5) is 0 Å². The number of aliphatic imine (C=N–C) groups is 1. The van der Waals surface area contributed by atoms with E-state index in [0.717, 1.165) is 0 Å². The molecule has 4 nitrogen and oxygen atoms in total. The molecule has 4 heteroatoms. The van der Waals surface area contributed by atoms with E-state index in [1.54, 1.807) is 19.3 Å². The summed E-state index contributed by atoms with van der Waals surface area (Å²) >= 11 is 0. The number of benzene rings is 1. The van der Waals surface area contributed by atoms with E-state index in [-0.39, 0.29) is 11.3 Å². The predicted molar refractivity (Wildman–Crippen MR) is 57.4 cm³/mol. The van der Waals surface area contributed by atoms with Crippen molar-refractivity contribution < 1.29 is 15.0 Å². The monoisotopic (exact) mass is 205 g/mol. The number of carboxylic acid groups (broad SMARTS) is 1. The number of hydrogen-bond acceptors (Lipinski definition) is 3. The third-order valence-electron chi connectivity index (χ3n) is 1.88. The predicted octanol–water partition coefficient (Wildman–Crippen LogP) is 1.98. The Hall–Kier alpha value is -2.10. The largest absolute Gasteiger partial charge is 0.508 e. The summed E-state index contributed by atoms with van der Waals surface area (Å²) < 4.78 is 0. The third-order valence-corrected chi connectivity index (χ3v) is 1.88. The Balaban J connectivity index is 0.000000234. The average Bonchev–Trinajstić information content (AvgIpc) is 2.06. The van der Waals surface area contributed by atoms with E-state index in [4.69, 9.17) is 10.2 Å². The maximum absolute atomic E-state index is 10.5. The number of carbonyl (C=O) groups is 1. The number of allylic oxidation sites excluding steroid dienone is 1. The normalized spacial score (nSPS) is 11.3. The van der Waals surface area contributed by atoms with Gasteiger partial charge in [0.25, 0.3) is 0 Å². The molecule has 0 unspecified atom stereocenters. The van der Waals surface area contributed by atoms with Crippen molar-refractivity contribution in [2.24, 2.45) is 4.99 Å². The number of aromatic carboxylic acids is 1. The molecule has 78 valence electrons. The molecule has 0 saturated heterocycles. The first-order chi connectivity index (χ1) is 7.13. The Morgan fingerprint density at radius 2 is 1.93 bits per heavy atom. The first kappa shape index (κ1) is 11.0. The van der Waals surface area contributed by atoms with Crippen molar-refractivity contribution >= 4 is 12.2 Å². The summed E-state index contributed by atoms with van der Waals surface area (Å²) in [7, 11) is 0. The van der Waals surface area contributed by atoms with E-state index < -0.39 is 5.97 Å². The summed E-state index contributed by atoms with van der Waals surface area (Å²) in [5.74, 6) is -0.997. The fraction of sp³-hybridized carbons (Fsp3) is 0.0909. The molecule has 1 aromatic carbocycles. The van der Waals surface area contributed by atoms with Gasteiger partial charge in [-0.1, -0.05) is 6.07 Å². The lowest BCUT2D eigenvalue weighted by Crippen LogP contribution is -1.98. The summed E-state index contributed by atoms with van der Waals surface area (Å²) in [5.41, 5.74) is 0.546. The van der Waals surface area contributed by atoms with E-state index in [1.807, 2.05) is 6.08 Å². The second kappa shape index (κ2) is 4.95. The van der Waals surface area contributed by atoms with Crippen molar-refractivity contribution in [3.8, 4) is 5.75 Å². The quantitative estimate of drug-likeness (QED) is 0.736. The molecular weight excluding hydrogens is 194 g/mol. The van der Waals surface area contributed by atoms with Crippen molar-refractivity contribution in [3.05, 3.63) is 41.6 Å². The van der Waals surface area contributed by atoms with E-state index in [9.17, 15) is 4.79 Å². The zero-order valence-corrected chi connectivity index (χ0v) is 8.21. The highest BCUT2D eigenvalue weighted by Crippen LogP contribution is 2.18. The zero-order chi connectivity index (χ0) is 11.3. The van der Waals surface area contributed by atoms with E-state index >= 15 is 0 Å². The van der Waals surface area contributed by atoms with Crippen LogP contribution >= 0.6 is 0 Å². The van der Waals surface area contributed by atoms with Gasteiger partial charge in [0.15, 0.2) is 0 Å². The van der Waals surface area contributed by atoms with Crippen LogP contribution in [0.25, 0.3) is 0 Å². The van der Waals surface area contributed by atoms with Gasteiger partial charge >= 0.3 is 5.97 Å². The van der Waals surface area contributed by atoms with Crippen LogP contribution in [-0.2, 0) is 0 Å². The van der Waals surface area contributed by atoms with Crippen LogP contribution in [0.3, 0.4) is 0 Å². The van der Waals surface area contributed by atoms with Crippen LogP contribution in [0.1, 0.15) is 15.9 Å². The lowest BCUT2D eigenvalue weighted by molar-refractivity contribution is 0.0695. The molecule has 0 atom stereocenters. The maximum Gasteiger partial charge on any atom is 0.336 e. The number of aromatic hydroxyl groups is 1. The molecular formula is C11H11NO3. The van der Waals surface area contributed by atoms with Crippen LogP contribution in [0.2, 0.25) is 0 Å². The second-order valence-electron chi connectivity index (χ2n) is 2.89. The lowest BCUT2D eigenvalue weighted by Gasteiger charge is -2.00. The van der Waals surface area contributed by atoms with Gasteiger partial charge in [-0.2, -0.15) is 0 Å². The molecule has 1 aliphatic rings. The summed E-state index contributed by atoms with van der Waals surface area (Å²) in [4.78, 5) is 14.1. The topological polar surface area (TPSA) is 69.9 Å². The van der Waals surface area contributed by atoms with E-state index in [1.165, 1.54) is 18.2 Å². The SMILES string of the molecule is C1=CN=C1.Cc1c(O)cccc1C(=O)O. The van der Waals surface area contributed by atoms with Crippen molar-refractivity contribution in [2.45, 2.75) is 6.92 Å². The Bertz CT molecular complexity index is 404. The number of phenols is 1. The van der Waals surface area contributed by atoms with Gasteiger partial charge in [-0.15, -0.1) is 0 Å². The fourth-order valence-corrected chi connectivity index (χ4v) is 0.941. The lowest BCUT2D eigenvalue weighted by atomic mass is 10.1. The van der Waals surface area contributed by atoms with Gasteiger partial charge in [-0.3, -0.25) is 4.99 Å². The number of hydrogen-bond donors (Lipinski definition) is 2. The number of rotatable bonds is 1. The van der Waals surface area contributed by atoms with Gasteiger partial charge in [0.1, 0.15) is 5.75 Å². The zero-order valence-electron chi connectivity index (χ0n) is 8.21. The molecule has 2 N–H and O–H groups in total. The Kier molecular flexibility index (Phi) is 3.62. The molecule has 0 aromatic heterocycles. The van der Waals surface area contributed by atoms with Crippen LogP contribution in [0.15, 0.2) is 35.5 Å². The van der Waals surface area contributed by atoms with Gasteiger partial charge < -0.3 is 10.2 Å². The molecule has 1 heterocycles. The Morgan fingerprint density at radius 3 is 2.27 bits per heavy atom. The highest BCUT2D eigenvalue weighted by Gasteiger charge is 2.08. The van der Waals surface area contributed by atoms with Crippen molar-refractivity contribution in [1.29, 1.82) is 0 Å². The molecule has 1 aliphatic heterocycles. The van der Waals surface area contributed by atoms with Crippen molar-refractivity contribution in [3.63, 3.8) is 0 Å². The van der Waals surface area contributed by atoms with Gasteiger partial charge in [0.2, 0.25) is 0 Å². The standard InChI is InChI=1S/C8H8O3.C3H3N/c1-5-6(8(10)11)3-2-4-7(5)9;1-2-4-3-1/h2-4,9H,1H3,(H,10,11);1-3H. The second-order valence-corrected chi connectivity index (χ2v) is 2.89. The number of nitrogens with zero attached hydrogens (tertiary/aromatic N) is 1. The maximum atomic E-state index is 10.5. The highest BCUT2D eigenvalue weighted by atomic mass is 16.4. The smallest absolute Gasteiger partial charge is 0.336 e. The van der Waals surface area contributed by atoms with E-state index in [2.05, 4.69) is 4.99 Å². The van der Waals surface area contributed by atoms with Gasteiger partial charge in [-0.05, 0) is 25.1 Å². The molecule has 2 rings (SSSR count). The van der Waals surface area contributed by atoms with Crippen LogP contribution in [0, 0.1) is 6.92 Å². The molecule has 15 heavy (non-hydrogen) atoms. The molecule has 0 saturated carbocycles. The summed E-state index contributed by atoms with van der Waals surface area (Å²) in [6, 6.07) is 4.42. The minimum Gasteiger partial charge on any atom is -0.508 e. The summed E-state index contributed by atoms with van der Waals surface area (Å²) in [6.45, 7) is 1.57. The van der Waals surface area contributed by atoms with Crippen LogP contribution in [-0.4, -0.2) is 22.4 Å². The molecule has 1 aromatic rings. The molecule has 0 radical (unpaired) electrons. The minimum atomic E-state index is -1.02. The molecule has 0 spiro atoms. The number of carboxylic acids is 1. The van der Waals surface area contributed by atoms with Crippen molar-refractivity contribution in [1.82, 2.24) is 0 Å². The Morgan fingerprint density at radius 1 is 1.40 bits per heavy atom. The van der Waals surface area contributed by atoms with Crippen LogP contribution < -0.4 is 0 Å². The molecule has 0 fully saturated rings. The minimum absolute atomic E-state index is 0.0184. The first-order valence-corrected chi connectivity index (χ1v) is 4.33. The highest BCUT2D eigenvalue weighted by molar-refractivity contribution is 5.90. The third kappa shape index (κ3) is 2.95. The first-order valence-electron chi connectivity index (χ1n) is 4.33. The molecule has 0 aliphatic carbocycles. The summed E-state index contributed by atoms with van der Waals surface area (Å²) in [6.07, 6.45) is 5.39.